The van der Waals surface area contributed by atoms with Gasteiger partial charge in [-0.2, -0.15) is 0 Å². The van der Waals surface area contributed by atoms with E-state index in [0.717, 1.165) is 21.2 Å². The molecule has 2 aromatic rings. The Kier molecular flexibility index (Phi) is 4.75. The van der Waals surface area contributed by atoms with Gasteiger partial charge in [0, 0.05) is 25.2 Å². The second kappa shape index (κ2) is 5.98. The van der Waals surface area contributed by atoms with Gasteiger partial charge in [-0.05, 0) is 61.5 Å². The number of nitrogens with one attached hydrogen (secondary N) is 1. The van der Waals surface area contributed by atoms with E-state index in [4.69, 9.17) is 0 Å². The van der Waals surface area contributed by atoms with E-state index in [9.17, 15) is 0 Å². The maximum Gasteiger partial charge on any atom is 0.0631 e. The lowest BCUT2D eigenvalue weighted by Gasteiger charge is -2.15. The average molecular weight is 403 g/mol. The standard InChI is InChI=1S/C15H17Br2NS/c1-15(2,3)13-8-7-10(19-13)9-18-14-11(16)5-4-6-12(14)17/h4-8,18H,9H2,1-3H3. The van der Waals surface area contributed by atoms with E-state index in [2.05, 4.69) is 70.1 Å². The molecule has 0 unspecified atom stereocenters. The molecular formula is C15H17Br2NS. The smallest absolute Gasteiger partial charge is 0.0631 e. The van der Waals surface area contributed by atoms with E-state index < -0.39 is 0 Å². The lowest BCUT2D eigenvalue weighted by atomic mass is 9.95. The number of para-hydroxylation sites is 1. The maximum atomic E-state index is 3.57. The van der Waals surface area contributed by atoms with Gasteiger partial charge in [0.25, 0.3) is 0 Å². The fourth-order valence-corrected chi connectivity index (χ4v) is 4.00. The number of hydrogen-bond donors (Lipinski definition) is 1. The molecule has 2 rings (SSSR count). The zero-order valence-electron chi connectivity index (χ0n) is 11.3. The molecule has 0 aliphatic rings. The molecule has 1 nitrogen and oxygen atoms in total. The Morgan fingerprint density at radius 3 is 2.21 bits per heavy atom. The summed E-state index contributed by atoms with van der Waals surface area (Å²) >= 11 is 9.01. The Hall–Kier alpha value is -0.320. The van der Waals surface area contributed by atoms with Crippen molar-refractivity contribution >= 4 is 48.9 Å². The summed E-state index contributed by atoms with van der Waals surface area (Å²) in [6.45, 7) is 7.60. The van der Waals surface area contributed by atoms with Crippen LogP contribution < -0.4 is 5.32 Å². The average Bonchev–Trinajstić information content (AvgIpc) is 2.77. The Bertz CT molecular complexity index is 550. The SMILES string of the molecule is CC(C)(C)c1ccc(CNc2c(Br)cccc2Br)s1. The van der Waals surface area contributed by atoms with E-state index in [1.54, 1.807) is 0 Å². The van der Waals surface area contributed by atoms with Crippen molar-refractivity contribution in [2.24, 2.45) is 0 Å². The van der Waals surface area contributed by atoms with E-state index in [1.807, 2.05) is 29.5 Å². The molecule has 0 bridgehead atoms. The van der Waals surface area contributed by atoms with Crippen LogP contribution in [0.4, 0.5) is 5.69 Å². The minimum absolute atomic E-state index is 0.233. The van der Waals surface area contributed by atoms with Gasteiger partial charge in [0.1, 0.15) is 0 Å². The molecule has 0 fully saturated rings. The molecule has 0 atom stereocenters. The van der Waals surface area contributed by atoms with Crippen LogP contribution in [-0.2, 0) is 12.0 Å². The Balaban J connectivity index is 2.09. The molecule has 0 spiro atoms. The molecular weight excluding hydrogens is 386 g/mol. The quantitative estimate of drug-likeness (QED) is 0.645. The van der Waals surface area contributed by atoms with Crippen LogP contribution in [0.3, 0.4) is 0 Å². The Morgan fingerprint density at radius 1 is 1.05 bits per heavy atom. The summed E-state index contributed by atoms with van der Waals surface area (Å²) in [5.41, 5.74) is 1.34. The highest BCUT2D eigenvalue weighted by molar-refractivity contribution is 9.11. The molecule has 0 aliphatic carbocycles. The second-order valence-corrected chi connectivity index (χ2v) is 8.34. The summed E-state index contributed by atoms with van der Waals surface area (Å²) in [6, 6.07) is 10.5. The van der Waals surface area contributed by atoms with Crippen molar-refractivity contribution < 1.29 is 0 Å². The third kappa shape index (κ3) is 3.83. The molecule has 1 N–H and O–H groups in total. The van der Waals surface area contributed by atoms with Crippen molar-refractivity contribution in [1.29, 1.82) is 0 Å². The van der Waals surface area contributed by atoms with Crippen LogP contribution in [0.2, 0.25) is 0 Å². The monoisotopic (exact) mass is 401 g/mol. The highest BCUT2D eigenvalue weighted by Gasteiger charge is 2.16. The zero-order chi connectivity index (χ0) is 14.0. The molecule has 102 valence electrons. The second-order valence-electron chi connectivity index (χ2n) is 5.47. The molecule has 1 aromatic heterocycles. The van der Waals surface area contributed by atoms with Crippen molar-refractivity contribution in [3.63, 3.8) is 0 Å². The van der Waals surface area contributed by atoms with Gasteiger partial charge in [-0.3, -0.25) is 0 Å². The van der Waals surface area contributed by atoms with Gasteiger partial charge in [0.05, 0.1) is 5.69 Å². The predicted molar refractivity (Wildman–Crippen MR) is 92.2 cm³/mol. The summed E-state index contributed by atoms with van der Waals surface area (Å²) < 4.78 is 2.16. The molecule has 0 aliphatic heterocycles. The first-order chi connectivity index (χ1) is 8.88. The minimum Gasteiger partial charge on any atom is -0.378 e. The fraction of sp³-hybridized carbons (Fsp3) is 0.333. The molecule has 4 heteroatoms. The normalized spacial score (nSPS) is 11.6. The number of benzene rings is 1. The number of hydrogen-bond acceptors (Lipinski definition) is 2. The van der Waals surface area contributed by atoms with Crippen LogP contribution in [0.25, 0.3) is 0 Å². The highest BCUT2D eigenvalue weighted by atomic mass is 79.9. The summed E-state index contributed by atoms with van der Waals surface area (Å²) in [6.07, 6.45) is 0. The zero-order valence-corrected chi connectivity index (χ0v) is 15.2. The first kappa shape index (κ1) is 15.1. The summed E-state index contributed by atoms with van der Waals surface area (Å²) in [7, 11) is 0. The van der Waals surface area contributed by atoms with Crippen molar-refractivity contribution in [3.8, 4) is 0 Å². The van der Waals surface area contributed by atoms with E-state index in [0.29, 0.717) is 0 Å². The van der Waals surface area contributed by atoms with Crippen molar-refractivity contribution in [2.45, 2.75) is 32.7 Å². The van der Waals surface area contributed by atoms with Gasteiger partial charge in [-0.15, -0.1) is 11.3 Å². The predicted octanol–water partition coefficient (Wildman–Crippen LogP) is 6.18. The molecule has 19 heavy (non-hydrogen) atoms. The van der Waals surface area contributed by atoms with Gasteiger partial charge < -0.3 is 5.32 Å². The van der Waals surface area contributed by atoms with Gasteiger partial charge in [0.2, 0.25) is 0 Å². The highest BCUT2D eigenvalue weighted by Crippen LogP contribution is 2.33. The third-order valence-electron chi connectivity index (χ3n) is 2.80. The molecule has 1 aromatic carbocycles. The fourth-order valence-electron chi connectivity index (χ4n) is 1.72. The Labute approximate surface area is 135 Å². The van der Waals surface area contributed by atoms with Crippen LogP contribution in [-0.4, -0.2) is 0 Å². The largest absolute Gasteiger partial charge is 0.378 e. The van der Waals surface area contributed by atoms with Gasteiger partial charge in [-0.1, -0.05) is 26.8 Å². The topological polar surface area (TPSA) is 12.0 Å². The summed E-state index contributed by atoms with van der Waals surface area (Å²) in [5, 5.41) is 3.48. The Morgan fingerprint density at radius 2 is 1.68 bits per heavy atom. The maximum absolute atomic E-state index is 3.57. The summed E-state index contributed by atoms with van der Waals surface area (Å²) in [5.74, 6) is 0. The first-order valence-electron chi connectivity index (χ1n) is 6.15. The van der Waals surface area contributed by atoms with Crippen molar-refractivity contribution in [1.82, 2.24) is 0 Å². The van der Waals surface area contributed by atoms with Crippen LogP contribution >= 0.6 is 43.2 Å². The molecule has 0 radical (unpaired) electrons. The molecule has 1 heterocycles. The van der Waals surface area contributed by atoms with Gasteiger partial charge >= 0.3 is 0 Å². The number of anilines is 1. The van der Waals surface area contributed by atoms with Crippen molar-refractivity contribution in [2.75, 3.05) is 5.32 Å². The van der Waals surface area contributed by atoms with E-state index >= 15 is 0 Å². The van der Waals surface area contributed by atoms with Crippen LogP contribution in [0.5, 0.6) is 0 Å². The number of halogens is 2. The lowest BCUT2D eigenvalue weighted by Crippen LogP contribution is -2.07. The third-order valence-corrected chi connectivity index (χ3v) is 5.64. The van der Waals surface area contributed by atoms with Gasteiger partial charge in [-0.25, -0.2) is 0 Å². The molecule has 0 saturated heterocycles. The van der Waals surface area contributed by atoms with Crippen LogP contribution in [0, 0.1) is 0 Å². The number of thiophene rings is 1. The van der Waals surface area contributed by atoms with Crippen LogP contribution in [0.1, 0.15) is 30.5 Å². The molecule has 0 amide bonds. The van der Waals surface area contributed by atoms with E-state index in [-0.39, 0.29) is 5.41 Å². The lowest BCUT2D eigenvalue weighted by molar-refractivity contribution is 0.604. The van der Waals surface area contributed by atoms with Crippen LogP contribution in [0.15, 0.2) is 39.3 Å². The van der Waals surface area contributed by atoms with Gasteiger partial charge in [0.15, 0.2) is 0 Å². The minimum atomic E-state index is 0.233. The number of rotatable bonds is 3. The molecule has 0 saturated carbocycles. The summed E-state index contributed by atoms with van der Waals surface area (Å²) in [4.78, 5) is 2.78. The van der Waals surface area contributed by atoms with E-state index in [1.165, 1.54) is 9.75 Å². The first-order valence-corrected chi connectivity index (χ1v) is 8.55. The van der Waals surface area contributed by atoms with Crippen molar-refractivity contribution in [3.05, 3.63) is 49.0 Å².